The maximum Gasteiger partial charge on any atom is 0.226 e. The second-order valence-corrected chi connectivity index (χ2v) is 4.95. The molecule has 0 aliphatic rings. The largest absolute Gasteiger partial charge is 0.497 e. The van der Waals surface area contributed by atoms with E-state index in [4.69, 9.17) is 4.74 Å². The number of aryl methyl sites for hydroxylation is 1. The van der Waals surface area contributed by atoms with Crippen molar-refractivity contribution in [3.63, 3.8) is 0 Å². The van der Waals surface area contributed by atoms with E-state index in [1.54, 1.807) is 7.11 Å². The summed E-state index contributed by atoms with van der Waals surface area (Å²) >= 11 is 0. The van der Waals surface area contributed by atoms with Gasteiger partial charge < -0.3 is 10.1 Å². The second-order valence-electron chi connectivity index (χ2n) is 4.95. The van der Waals surface area contributed by atoms with Gasteiger partial charge in [-0.25, -0.2) is 0 Å². The third-order valence-corrected chi connectivity index (χ3v) is 3.48. The van der Waals surface area contributed by atoms with Crippen LogP contribution < -0.4 is 10.1 Å². The number of anilines is 1. The first kappa shape index (κ1) is 14.1. The van der Waals surface area contributed by atoms with Crippen LogP contribution in [0, 0.1) is 0 Å². The first-order valence-corrected chi connectivity index (χ1v) is 7.11. The average molecular weight is 295 g/mol. The number of carbonyl (C=O) groups excluding carboxylic acids is 1. The summed E-state index contributed by atoms with van der Waals surface area (Å²) in [6.45, 7) is 0.551. The zero-order chi connectivity index (χ0) is 15.4. The first-order chi connectivity index (χ1) is 10.8. The predicted molar refractivity (Wildman–Crippen MR) is 86.0 cm³/mol. The molecule has 1 N–H and O–H groups in total. The molecule has 0 bridgehead atoms. The van der Waals surface area contributed by atoms with Gasteiger partial charge in [-0.3, -0.25) is 9.48 Å². The van der Waals surface area contributed by atoms with Crippen molar-refractivity contribution < 1.29 is 9.53 Å². The fourth-order valence-electron chi connectivity index (χ4n) is 2.31. The maximum absolute atomic E-state index is 12.0. The summed E-state index contributed by atoms with van der Waals surface area (Å²) in [5.74, 6) is 0.728. The second kappa shape index (κ2) is 6.30. The average Bonchev–Trinajstić information content (AvgIpc) is 2.97. The predicted octanol–water partition coefficient (Wildman–Crippen LogP) is 3.07. The Morgan fingerprint density at radius 2 is 1.95 bits per heavy atom. The third-order valence-electron chi connectivity index (χ3n) is 3.48. The topological polar surface area (TPSA) is 56.1 Å². The molecule has 22 heavy (non-hydrogen) atoms. The number of hydrogen-bond donors (Lipinski definition) is 1. The van der Waals surface area contributed by atoms with Crippen molar-refractivity contribution in [1.29, 1.82) is 0 Å². The molecular formula is C17H17N3O2. The summed E-state index contributed by atoms with van der Waals surface area (Å²) in [6.07, 6.45) is 2.19. The molecule has 3 rings (SSSR count). The van der Waals surface area contributed by atoms with Crippen LogP contribution in [0.25, 0.3) is 10.9 Å². The third kappa shape index (κ3) is 3.09. The van der Waals surface area contributed by atoms with Gasteiger partial charge in [0.15, 0.2) is 0 Å². The summed E-state index contributed by atoms with van der Waals surface area (Å²) in [6, 6.07) is 15.2. The van der Waals surface area contributed by atoms with E-state index in [1.165, 1.54) is 0 Å². The van der Waals surface area contributed by atoms with Gasteiger partial charge >= 0.3 is 0 Å². The summed E-state index contributed by atoms with van der Waals surface area (Å²) in [5.41, 5.74) is 1.80. The molecule has 5 nitrogen and oxygen atoms in total. The minimum Gasteiger partial charge on any atom is -0.497 e. The number of hydrogen-bond acceptors (Lipinski definition) is 3. The van der Waals surface area contributed by atoms with Crippen LogP contribution in [-0.4, -0.2) is 22.8 Å². The standard InChI is InChI=1S/C17H17N3O2/c1-22-15-8-6-14(7-9-15)19-17(21)10-11-20-16-5-3-2-4-13(16)12-18-20/h2-9,12H,10-11H2,1H3,(H,19,21). The van der Waals surface area contributed by atoms with Gasteiger partial charge in [-0.1, -0.05) is 18.2 Å². The van der Waals surface area contributed by atoms with Crippen molar-refractivity contribution >= 4 is 22.5 Å². The Hall–Kier alpha value is -2.82. The summed E-state index contributed by atoms with van der Waals surface area (Å²) in [7, 11) is 1.61. The first-order valence-electron chi connectivity index (χ1n) is 7.11. The smallest absolute Gasteiger partial charge is 0.226 e. The van der Waals surface area contributed by atoms with Gasteiger partial charge in [-0.15, -0.1) is 0 Å². The summed E-state index contributed by atoms with van der Waals surface area (Å²) in [5, 5.41) is 8.27. The number of amides is 1. The molecule has 0 saturated carbocycles. The maximum atomic E-state index is 12.0. The zero-order valence-corrected chi connectivity index (χ0v) is 12.3. The lowest BCUT2D eigenvalue weighted by atomic mass is 10.2. The van der Waals surface area contributed by atoms with Crippen molar-refractivity contribution in [3.05, 3.63) is 54.7 Å². The normalized spacial score (nSPS) is 10.6. The molecule has 1 heterocycles. The van der Waals surface area contributed by atoms with Gasteiger partial charge in [0.05, 0.1) is 25.4 Å². The molecule has 0 atom stereocenters. The van der Waals surface area contributed by atoms with Gasteiger partial charge in [0.25, 0.3) is 0 Å². The number of nitrogens with one attached hydrogen (secondary N) is 1. The van der Waals surface area contributed by atoms with Gasteiger partial charge in [0, 0.05) is 17.5 Å². The highest BCUT2D eigenvalue weighted by molar-refractivity contribution is 5.90. The van der Waals surface area contributed by atoms with Crippen LogP contribution in [0.4, 0.5) is 5.69 Å². The van der Waals surface area contributed by atoms with E-state index in [-0.39, 0.29) is 5.91 Å². The zero-order valence-electron chi connectivity index (χ0n) is 12.3. The van der Waals surface area contributed by atoms with Gasteiger partial charge in [0.1, 0.15) is 5.75 Å². The van der Waals surface area contributed by atoms with Crippen molar-refractivity contribution in [3.8, 4) is 5.75 Å². The van der Waals surface area contributed by atoms with E-state index >= 15 is 0 Å². The fourth-order valence-corrected chi connectivity index (χ4v) is 2.31. The quantitative estimate of drug-likeness (QED) is 0.787. The van der Waals surface area contributed by atoms with Crippen LogP contribution in [-0.2, 0) is 11.3 Å². The Morgan fingerprint density at radius 3 is 2.73 bits per heavy atom. The molecule has 0 spiro atoms. The monoisotopic (exact) mass is 295 g/mol. The SMILES string of the molecule is COc1ccc(NC(=O)CCn2ncc3ccccc32)cc1. The van der Waals surface area contributed by atoms with Crippen LogP contribution in [0.5, 0.6) is 5.75 Å². The van der Waals surface area contributed by atoms with E-state index in [2.05, 4.69) is 10.4 Å². The van der Waals surface area contributed by atoms with Crippen molar-refractivity contribution in [2.45, 2.75) is 13.0 Å². The van der Waals surface area contributed by atoms with E-state index in [0.29, 0.717) is 13.0 Å². The molecule has 0 aliphatic carbocycles. The van der Waals surface area contributed by atoms with Crippen molar-refractivity contribution in [1.82, 2.24) is 9.78 Å². The highest BCUT2D eigenvalue weighted by Crippen LogP contribution is 2.16. The van der Waals surface area contributed by atoms with E-state index in [1.807, 2.05) is 59.4 Å². The van der Waals surface area contributed by atoms with E-state index < -0.39 is 0 Å². The Balaban J connectivity index is 1.60. The highest BCUT2D eigenvalue weighted by atomic mass is 16.5. The molecule has 0 aliphatic heterocycles. The molecule has 3 aromatic rings. The Bertz CT molecular complexity index is 778. The molecule has 0 unspecified atom stereocenters. The lowest BCUT2D eigenvalue weighted by Crippen LogP contribution is -2.14. The van der Waals surface area contributed by atoms with Crippen molar-refractivity contribution in [2.75, 3.05) is 12.4 Å². The number of ether oxygens (including phenoxy) is 1. The number of carbonyl (C=O) groups is 1. The Labute approximate surface area is 128 Å². The molecule has 5 heteroatoms. The highest BCUT2D eigenvalue weighted by Gasteiger charge is 2.06. The Morgan fingerprint density at radius 1 is 1.18 bits per heavy atom. The van der Waals surface area contributed by atoms with Crippen LogP contribution in [0.15, 0.2) is 54.7 Å². The number of para-hydroxylation sites is 1. The summed E-state index contributed by atoms with van der Waals surface area (Å²) < 4.78 is 6.94. The number of nitrogens with zero attached hydrogens (tertiary/aromatic N) is 2. The van der Waals surface area contributed by atoms with Gasteiger partial charge in [-0.2, -0.15) is 5.10 Å². The Kier molecular flexibility index (Phi) is 4.05. The van der Waals surface area contributed by atoms with Gasteiger partial charge in [0.2, 0.25) is 5.91 Å². The van der Waals surface area contributed by atoms with E-state index in [9.17, 15) is 4.79 Å². The van der Waals surface area contributed by atoms with Gasteiger partial charge in [-0.05, 0) is 30.3 Å². The molecule has 1 amide bonds. The van der Waals surface area contributed by atoms with E-state index in [0.717, 1.165) is 22.3 Å². The number of rotatable bonds is 5. The molecule has 0 fully saturated rings. The van der Waals surface area contributed by atoms with Crippen LogP contribution in [0.3, 0.4) is 0 Å². The molecular weight excluding hydrogens is 278 g/mol. The minimum atomic E-state index is -0.0373. The van der Waals surface area contributed by atoms with Crippen LogP contribution in [0.2, 0.25) is 0 Å². The van der Waals surface area contributed by atoms with Crippen molar-refractivity contribution in [2.24, 2.45) is 0 Å². The number of fused-ring (bicyclic) bond motifs is 1. The molecule has 0 saturated heterocycles. The minimum absolute atomic E-state index is 0.0373. The number of benzene rings is 2. The summed E-state index contributed by atoms with van der Waals surface area (Å²) in [4.78, 5) is 12.0. The molecule has 112 valence electrons. The number of aromatic nitrogens is 2. The fraction of sp³-hybridized carbons (Fsp3) is 0.176. The lowest BCUT2D eigenvalue weighted by Gasteiger charge is -2.07. The molecule has 2 aromatic carbocycles. The van der Waals surface area contributed by atoms with Crippen LogP contribution in [0.1, 0.15) is 6.42 Å². The van der Waals surface area contributed by atoms with Crippen LogP contribution >= 0.6 is 0 Å². The lowest BCUT2D eigenvalue weighted by molar-refractivity contribution is -0.116. The molecule has 0 radical (unpaired) electrons. The number of methoxy groups -OCH3 is 1. The molecule has 1 aromatic heterocycles.